The van der Waals surface area contributed by atoms with Crippen molar-refractivity contribution in [3.63, 3.8) is 0 Å². The van der Waals surface area contributed by atoms with E-state index < -0.39 is 0 Å². The molecule has 0 bridgehead atoms. The molecule has 0 aliphatic carbocycles. The van der Waals surface area contributed by atoms with Crippen molar-refractivity contribution < 1.29 is 4.74 Å². The molecule has 0 spiro atoms. The molecule has 84 valence electrons. The van der Waals surface area contributed by atoms with E-state index >= 15 is 0 Å². The number of rotatable bonds is 5. The molecule has 0 aliphatic heterocycles. The maximum Gasteiger partial charge on any atom is 0.119 e. The maximum absolute atomic E-state index is 5.59. The van der Waals surface area contributed by atoms with Crippen LogP contribution in [0.1, 0.15) is 32.8 Å². The minimum absolute atomic E-state index is 0.246. The lowest BCUT2D eigenvalue weighted by atomic mass is 10.1. The van der Waals surface area contributed by atoms with Gasteiger partial charge in [0.2, 0.25) is 0 Å². The second-order valence-electron chi connectivity index (χ2n) is 4.02. The number of hydrogen-bond donors (Lipinski definition) is 0. The van der Waals surface area contributed by atoms with E-state index in [0.717, 1.165) is 18.6 Å². The van der Waals surface area contributed by atoms with Crippen LogP contribution in [0.25, 0.3) is 0 Å². The van der Waals surface area contributed by atoms with Gasteiger partial charge in [-0.2, -0.15) is 0 Å². The smallest absolute Gasteiger partial charge is 0.119 e. The summed E-state index contributed by atoms with van der Waals surface area (Å²) in [5.41, 5.74) is 1.36. The SMILES string of the molecule is CCC(Br)Cc1ccc(OC(C)C)cc1. The molecular formula is C13H19BrO. The van der Waals surface area contributed by atoms with Crippen molar-refractivity contribution in [2.75, 3.05) is 0 Å². The minimum Gasteiger partial charge on any atom is -0.491 e. The molecule has 0 saturated carbocycles. The molecule has 0 amide bonds. The third kappa shape index (κ3) is 4.70. The molecule has 15 heavy (non-hydrogen) atoms. The van der Waals surface area contributed by atoms with E-state index in [9.17, 15) is 0 Å². The van der Waals surface area contributed by atoms with Crippen LogP contribution in [0, 0.1) is 0 Å². The van der Waals surface area contributed by atoms with Crippen molar-refractivity contribution in [2.45, 2.75) is 44.5 Å². The van der Waals surface area contributed by atoms with E-state index in [0.29, 0.717) is 4.83 Å². The summed E-state index contributed by atoms with van der Waals surface area (Å²) in [7, 11) is 0. The van der Waals surface area contributed by atoms with E-state index in [-0.39, 0.29) is 6.10 Å². The van der Waals surface area contributed by atoms with E-state index in [4.69, 9.17) is 4.74 Å². The molecule has 0 aromatic heterocycles. The normalized spacial score (nSPS) is 12.9. The largest absolute Gasteiger partial charge is 0.491 e. The summed E-state index contributed by atoms with van der Waals surface area (Å²) in [5.74, 6) is 0.955. The zero-order chi connectivity index (χ0) is 11.3. The number of benzene rings is 1. The van der Waals surface area contributed by atoms with Crippen LogP contribution >= 0.6 is 15.9 Å². The molecule has 1 atom stereocenters. The summed E-state index contributed by atoms with van der Waals surface area (Å²) >= 11 is 3.64. The zero-order valence-corrected chi connectivity index (χ0v) is 11.3. The summed E-state index contributed by atoms with van der Waals surface area (Å²) < 4.78 is 5.59. The van der Waals surface area contributed by atoms with Gasteiger partial charge in [-0.05, 0) is 44.4 Å². The van der Waals surface area contributed by atoms with Crippen LogP contribution in [-0.2, 0) is 6.42 Å². The van der Waals surface area contributed by atoms with Crippen molar-refractivity contribution in [1.82, 2.24) is 0 Å². The zero-order valence-electron chi connectivity index (χ0n) is 9.66. The highest BCUT2D eigenvalue weighted by Crippen LogP contribution is 2.17. The van der Waals surface area contributed by atoms with Gasteiger partial charge in [0.05, 0.1) is 6.10 Å². The van der Waals surface area contributed by atoms with Crippen LogP contribution < -0.4 is 4.74 Å². The van der Waals surface area contributed by atoms with Crippen LogP contribution in [0.4, 0.5) is 0 Å². The number of halogens is 1. The van der Waals surface area contributed by atoms with Crippen molar-refractivity contribution in [3.8, 4) is 5.75 Å². The van der Waals surface area contributed by atoms with Gasteiger partial charge in [-0.3, -0.25) is 0 Å². The molecule has 0 heterocycles. The molecule has 1 aromatic carbocycles. The van der Waals surface area contributed by atoms with Crippen LogP contribution in [-0.4, -0.2) is 10.9 Å². The first-order chi connectivity index (χ1) is 7.11. The Bertz CT molecular complexity index is 279. The summed E-state index contributed by atoms with van der Waals surface area (Å²) in [5, 5.41) is 0. The van der Waals surface area contributed by atoms with Crippen LogP contribution in [0.5, 0.6) is 5.75 Å². The van der Waals surface area contributed by atoms with Gasteiger partial charge in [-0.1, -0.05) is 35.0 Å². The minimum atomic E-state index is 0.246. The fourth-order valence-corrected chi connectivity index (χ4v) is 1.75. The Kier molecular flexibility index (Phi) is 5.16. The fourth-order valence-electron chi connectivity index (χ4n) is 1.38. The average molecular weight is 271 g/mol. The number of hydrogen-bond acceptors (Lipinski definition) is 1. The van der Waals surface area contributed by atoms with Crippen molar-refractivity contribution >= 4 is 15.9 Å². The highest BCUT2D eigenvalue weighted by Gasteiger charge is 2.03. The van der Waals surface area contributed by atoms with Crippen LogP contribution in [0.3, 0.4) is 0 Å². The molecule has 1 rings (SSSR count). The monoisotopic (exact) mass is 270 g/mol. The second kappa shape index (κ2) is 6.16. The van der Waals surface area contributed by atoms with Gasteiger partial charge < -0.3 is 4.74 Å². The molecular weight excluding hydrogens is 252 g/mol. The van der Waals surface area contributed by atoms with Crippen molar-refractivity contribution in [2.24, 2.45) is 0 Å². The van der Waals surface area contributed by atoms with Crippen molar-refractivity contribution in [3.05, 3.63) is 29.8 Å². The topological polar surface area (TPSA) is 9.23 Å². The highest BCUT2D eigenvalue weighted by atomic mass is 79.9. The predicted molar refractivity (Wildman–Crippen MR) is 68.9 cm³/mol. The molecule has 0 aliphatic rings. The summed E-state index contributed by atoms with van der Waals surface area (Å²) in [6.07, 6.45) is 2.48. The van der Waals surface area contributed by atoms with Crippen molar-refractivity contribution in [1.29, 1.82) is 0 Å². The Hall–Kier alpha value is -0.500. The molecule has 1 nitrogen and oxygen atoms in total. The molecule has 0 fully saturated rings. The van der Waals surface area contributed by atoms with Gasteiger partial charge >= 0.3 is 0 Å². The molecule has 0 saturated heterocycles. The van der Waals surface area contributed by atoms with Gasteiger partial charge in [-0.15, -0.1) is 0 Å². The van der Waals surface area contributed by atoms with Gasteiger partial charge in [0, 0.05) is 4.83 Å². The third-order valence-corrected chi connectivity index (χ3v) is 3.17. The first kappa shape index (κ1) is 12.6. The molecule has 1 unspecified atom stereocenters. The highest BCUT2D eigenvalue weighted by molar-refractivity contribution is 9.09. The molecule has 0 radical (unpaired) electrons. The van der Waals surface area contributed by atoms with Crippen LogP contribution in [0.15, 0.2) is 24.3 Å². The van der Waals surface area contributed by atoms with E-state index in [1.54, 1.807) is 0 Å². The summed E-state index contributed by atoms with van der Waals surface area (Å²) in [6, 6.07) is 8.37. The Morgan fingerprint density at radius 3 is 2.27 bits per heavy atom. The molecule has 1 aromatic rings. The number of ether oxygens (including phenoxy) is 1. The lowest BCUT2D eigenvalue weighted by Crippen LogP contribution is -2.05. The van der Waals surface area contributed by atoms with Crippen LogP contribution in [0.2, 0.25) is 0 Å². The Morgan fingerprint density at radius 2 is 1.80 bits per heavy atom. The standard InChI is InChI=1S/C13H19BrO/c1-4-12(14)9-11-5-7-13(8-6-11)15-10(2)3/h5-8,10,12H,4,9H2,1-3H3. The number of alkyl halides is 1. The lowest BCUT2D eigenvalue weighted by Gasteiger charge is -2.11. The van der Waals surface area contributed by atoms with E-state index in [1.165, 1.54) is 5.56 Å². The van der Waals surface area contributed by atoms with Gasteiger partial charge in [0.25, 0.3) is 0 Å². The Labute approximate surface area is 101 Å². The molecule has 0 N–H and O–H groups in total. The van der Waals surface area contributed by atoms with E-state index in [2.05, 4.69) is 35.0 Å². The maximum atomic E-state index is 5.59. The molecule has 2 heteroatoms. The first-order valence-corrected chi connectivity index (χ1v) is 6.43. The summed E-state index contributed by atoms with van der Waals surface area (Å²) in [6.45, 7) is 6.27. The quantitative estimate of drug-likeness (QED) is 0.730. The second-order valence-corrected chi connectivity index (χ2v) is 5.32. The van der Waals surface area contributed by atoms with Gasteiger partial charge in [0.15, 0.2) is 0 Å². The third-order valence-electron chi connectivity index (χ3n) is 2.20. The average Bonchev–Trinajstić information content (AvgIpc) is 2.20. The summed E-state index contributed by atoms with van der Waals surface area (Å²) in [4.78, 5) is 0.578. The first-order valence-electron chi connectivity index (χ1n) is 5.51. The fraction of sp³-hybridized carbons (Fsp3) is 0.538. The van der Waals surface area contributed by atoms with Gasteiger partial charge in [0.1, 0.15) is 5.75 Å². The van der Waals surface area contributed by atoms with Gasteiger partial charge in [-0.25, -0.2) is 0 Å². The Morgan fingerprint density at radius 1 is 1.20 bits per heavy atom. The lowest BCUT2D eigenvalue weighted by molar-refractivity contribution is 0.242. The predicted octanol–water partition coefficient (Wildman–Crippen LogP) is 4.19. The Balaban J connectivity index is 2.56. The van der Waals surface area contributed by atoms with E-state index in [1.807, 2.05) is 26.0 Å².